The Morgan fingerprint density at radius 2 is 2.04 bits per heavy atom. The number of ether oxygens (including phenoxy) is 1. The van der Waals surface area contributed by atoms with Gasteiger partial charge in [0.2, 0.25) is 0 Å². The van der Waals surface area contributed by atoms with Crippen molar-refractivity contribution >= 4 is 17.9 Å². The minimum Gasteiger partial charge on any atom is -0.461 e. The summed E-state index contributed by atoms with van der Waals surface area (Å²) in [6.07, 6.45) is -0.0933. The van der Waals surface area contributed by atoms with Crippen LogP contribution in [0.4, 0.5) is 4.79 Å². The van der Waals surface area contributed by atoms with Crippen molar-refractivity contribution in [2.45, 2.75) is 32.4 Å². The highest BCUT2D eigenvalue weighted by atomic mass is 16.5. The van der Waals surface area contributed by atoms with E-state index in [1.165, 1.54) is 0 Å². The second kappa shape index (κ2) is 6.48. The van der Waals surface area contributed by atoms with Crippen LogP contribution in [0.1, 0.15) is 31.4 Å². The predicted molar refractivity (Wildman–Crippen MR) is 79.9 cm³/mol. The first-order valence-corrected chi connectivity index (χ1v) is 7.13. The molecule has 7 nitrogen and oxygen atoms in total. The zero-order valence-corrected chi connectivity index (χ0v) is 13.0. The summed E-state index contributed by atoms with van der Waals surface area (Å²) in [7, 11) is 0. The fourth-order valence-electron chi connectivity index (χ4n) is 2.21. The molecule has 23 heavy (non-hydrogen) atoms. The number of amides is 3. The van der Waals surface area contributed by atoms with Crippen LogP contribution in [0.5, 0.6) is 0 Å². The minimum absolute atomic E-state index is 0.0196. The Morgan fingerprint density at radius 1 is 1.35 bits per heavy atom. The summed E-state index contributed by atoms with van der Waals surface area (Å²) in [4.78, 5) is 36.4. The van der Waals surface area contributed by atoms with E-state index < -0.39 is 17.5 Å². The number of benzene rings is 1. The Kier molecular flexibility index (Phi) is 4.65. The zero-order valence-electron chi connectivity index (χ0n) is 13.0. The lowest BCUT2D eigenvalue weighted by Gasteiger charge is -2.15. The van der Waals surface area contributed by atoms with E-state index in [9.17, 15) is 14.4 Å². The second-order valence-electron chi connectivity index (χ2n) is 5.69. The van der Waals surface area contributed by atoms with Gasteiger partial charge in [-0.15, -0.1) is 0 Å². The van der Waals surface area contributed by atoms with Gasteiger partial charge in [-0.25, -0.2) is 4.79 Å². The molecule has 1 heterocycles. The number of nitriles is 1. The van der Waals surface area contributed by atoms with E-state index in [-0.39, 0.29) is 25.5 Å². The zero-order chi connectivity index (χ0) is 17.0. The van der Waals surface area contributed by atoms with E-state index in [1.54, 1.807) is 38.1 Å². The molecule has 0 radical (unpaired) electrons. The van der Waals surface area contributed by atoms with Gasteiger partial charge in [0.1, 0.15) is 12.1 Å². The third-order valence-electron chi connectivity index (χ3n) is 3.51. The smallest absolute Gasteiger partial charge is 0.325 e. The monoisotopic (exact) mass is 315 g/mol. The molecule has 0 aliphatic carbocycles. The molecule has 1 aliphatic rings. The number of urea groups is 1. The third kappa shape index (κ3) is 3.66. The topological polar surface area (TPSA) is 99.5 Å². The van der Waals surface area contributed by atoms with Crippen molar-refractivity contribution in [3.05, 3.63) is 35.4 Å². The minimum atomic E-state index is -0.952. The lowest BCUT2D eigenvalue weighted by Crippen LogP contribution is -2.40. The van der Waals surface area contributed by atoms with Gasteiger partial charge in [0.15, 0.2) is 0 Å². The highest BCUT2D eigenvalue weighted by Crippen LogP contribution is 2.17. The van der Waals surface area contributed by atoms with Gasteiger partial charge < -0.3 is 10.1 Å². The molecule has 0 saturated carbocycles. The van der Waals surface area contributed by atoms with Crippen molar-refractivity contribution in [3.63, 3.8) is 0 Å². The van der Waals surface area contributed by atoms with E-state index in [0.29, 0.717) is 11.1 Å². The lowest BCUT2D eigenvalue weighted by molar-refractivity contribution is -0.145. The molecule has 1 aromatic carbocycles. The molecule has 1 aromatic rings. The fraction of sp³-hybridized carbons (Fsp3) is 0.375. The molecule has 0 bridgehead atoms. The number of nitrogens with zero attached hydrogens (tertiary/aromatic N) is 2. The quantitative estimate of drug-likeness (QED) is 0.652. The van der Waals surface area contributed by atoms with E-state index >= 15 is 0 Å². The Bertz CT molecular complexity index is 691. The van der Waals surface area contributed by atoms with Crippen molar-refractivity contribution < 1.29 is 19.1 Å². The highest BCUT2D eigenvalue weighted by Gasteiger charge is 2.44. The van der Waals surface area contributed by atoms with Gasteiger partial charge in [0.25, 0.3) is 5.91 Å². The van der Waals surface area contributed by atoms with E-state index in [4.69, 9.17) is 10.00 Å². The number of hydrogen-bond acceptors (Lipinski definition) is 5. The van der Waals surface area contributed by atoms with Crippen LogP contribution in [-0.2, 0) is 20.9 Å². The molecule has 0 unspecified atom stereocenters. The standard InChI is InChI=1S/C16H17N3O4/c1-16(2)14(21)19(15(22)18-16)8-7-13(20)23-10-12-6-4-3-5-11(12)9-17/h3-6H,7-8,10H2,1-2H3,(H,18,22). The SMILES string of the molecule is CC1(C)NC(=O)N(CCC(=O)OCc2ccccc2C#N)C1=O. The van der Waals surface area contributed by atoms with Crippen LogP contribution in [0.25, 0.3) is 0 Å². The van der Waals surface area contributed by atoms with Gasteiger partial charge in [-0.3, -0.25) is 14.5 Å². The van der Waals surface area contributed by atoms with Crippen LogP contribution in [0.2, 0.25) is 0 Å². The lowest BCUT2D eigenvalue weighted by atomic mass is 10.1. The second-order valence-corrected chi connectivity index (χ2v) is 5.69. The largest absolute Gasteiger partial charge is 0.461 e. The number of carbonyl (C=O) groups excluding carboxylic acids is 3. The molecule has 0 aromatic heterocycles. The van der Waals surface area contributed by atoms with Crippen LogP contribution in [0.15, 0.2) is 24.3 Å². The molecule has 1 fully saturated rings. The van der Waals surface area contributed by atoms with Crippen LogP contribution in [0.3, 0.4) is 0 Å². The number of imide groups is 1. The molecule has 0 atom stereocenters. The van der Waals surface area contributed by atoms with Crippen molar-refractivity contribution in [3.8, 4) is 6.07 Å². The maximum atomic E-state index is 12.0. The molecule has 1 saturated heterocycles. The Balaban J connectivity index is 1.86. The van der Waals surface area contributed by atoms with Crippen molar-refractivity contribution in [1.82, 2.24) is 10.2 Å². The summed E-state index contributed by atoms with van der Waals surface area (Å²) in [6, 6.07) is 8.32. The summed E-state index contributed by atoms with van der Waals surface area (Å²) in [6.45, 7) is 3.15. The number of esters is 1. The fourth-order valence-corrected chi connectivity index (χ4v) is 2.21. The van der Waals surface area contributed by atoms with Crippen molar-refractivity contribution in [2.75, 3.05) is 6.54 Å². The first kappa shape index (κ1) is 16.5. The van der Waals surface area contributed by atoms with Gasteiger partial charge in [-0.1, -0.05) is 18.2 Å². The van der Waals surface area contributed by atoms with E-state index in [0.717, 1.165) is 4.90 Å². The number of carbonyl (C=O) groups is 3. The summed E-state index contributed by atoms with van der Waals surface area (Å²) < 4.78 is 5.09. The number of nitrogens with one attached hydrogen (secondary N) is 1. The third-order valence-corrected chi connectivity index (χ3v) is 3.51. The average molecular weight is 315 g/mol. The average Bonchev–Trinajstić information content (AvgIpc) is 2.71. The molecule has 1 N–H and O–H groups in total. The summed E-state index contributed by atoms with van der Waals surface area (Å²) in [5.41, 5.74) is 0.0998. The normalized spacial score (nSPS) is 16.0. The van der Waals surface area contributed by atoms with Crippen LogP contribution < -0.4 is 5.32 Å². The molecule has 3 amide bonds. The molecule has 0 spiro atoms. The molecule has 1 aliphatic heterocycles. The summed E-state index contributed by atoms with van der Waals surface area (Å²) in [5.74, 6) is -0.909. The highest BCUT2D eigenvalue weighted by molar-refractivity contribution is 6.06. The molecule has 2 rings (SSSR count). The van der Waals surface area contributed by atoms with Crippen LogP contribution in [-0.4, -0.2) is 34.9 Å². The molecule has 120 valence electrons. The Hall–Kier alpha value is -2.88. The van der Waals surface area contributed by atoms with E-state index in [1.807, 2.05) is 6.07 Å². The number of rotatable bonds is 5. The van der Waals surface area contributed by atoms with Gasteiger partial charge >= 0.3 is 12.0 Å². The maximum absolute atomic E-state index is 12.0. The van der Waals surface area contributed by atoms with Crippen LogP contribution in [0, 0.1) is 11.3 Å². The van der Waals surface area contributed by atoms with Crippen molar-refractivity contribution in [1.29, 1.82) is 5.26 Å². The van der Waals surface area contributed by atoms with Crippen molar-refractivity contribution in [2.24, 2.45) is 0 Å². The first-order chi connectivity index (χ1) is 10.8. The van der Waals surface area contributed by atoms with Gasteiger partial charge in [0, 0.05) is 12.1 Å². The Morgan fingerprint density at radius 3 is 2.65 bits per heavy atom. The number of hydrogen-bond donors (Lipinski definition) is 1. The molecular formula is C16H17N3O4. The predicted octanol–water partition coefficient (Wildman–Crippen LogP) is 1.32. The van der Waals surface area contributed by atoms with Gasteiger partial charge in [0.05, 0.1) is 18.1 Å². The molecule has 7 heteroatoms. The summed E-state index contributed by atoms with van der Waals surface area (Å²) >= 11 is 0. The summed E-state index contributed by atoms with van der Waals surface area (Å²) in [5, 5.41) is 11.5. The Labute approximate surface area is 133 Å². The maximum Gasteiger partial charge on any atom is 0.325 e. The first-order valence-electron chi connectivity index (χ1n) is 7.13. The van der Waals surface area contributed by atoms with Gasteiger partial charge in [-0.05, 0) is 19.9 Å². The molecular weight excluding hydrogens is 298 g/mol. The van der Waals surface area contributed by atoms with Gasteiger partial charge in [-0.2, -0.15) is 5.26 Å². The van der Waals surface area contributed by atoms with Crippen LogP contribution >= 0.6 is 0 Å². The van der Waals surface area contributed by atoms with E-state index in [2.05, 4.69) is 5.32 Å².